The summed E-state index contributed by atoms with van der Waals surface area (Å²) >= 11 is 0. The van der Waals surface area contributed by atoms with E-state index in [9.17, 15) is 4.79 Å². The van der Waals surface area contributed by atoms with Gasteiger partial charge in [0.1, 0.15) is 5.52 Å². The molecule has 0 aromatic carbocycles. The van der Waals surface area contributed by atoms with Gasteiger partial charge in [-0.25, -0.2) is 9.78 Å². The Hall–Kier alpha value is -1.89. The lowest BCUT2D eigenvalue weighted by Crippen LogP contribution is -2.25. The van der Waals surface area contributed by atoms with Gasteiger partial charge < -0.3 is 15.0 Å². The standard InChI is InChI=1S/C13H21N5O2/c1-3-6-17-9-15-12-10(17)11(14-5-8-19)16-13(20)18(12)7-4-2/h9,19H,3-8H2,1-2H3,(H,14,16,20). The first-order valence-electron chi connectivity index (χ1n) is 7.03. The number of imidazole rings is 1. The van der Waals surface area contributed by atoms with Crippen LogP contribution in [-0.4, -0.2) is 37.4 Å². The molecular formula is C13H21N5O2. The first-order valence-corrected chi connectivity index (χ1v) is 7.03. The number of aromatic nitrogens is 4. The topological polar surface area (TPSA) is 85.0 Å². The number of aryl methyl sites for hydroxylation is 2. The normalized spacial score (nSPS) is 11.2. The molecule has 0 unspecified atom stereocenters. The van der Waals surface area contributed by atoms with Crippen LogP contribution in [0.15, 0.2) is 11.1 Å². The van der Waals surface area contributed by atoms with Crippen LogP contribution in [0.2, 0.25) is 0 Å². The van der Waals surface area contributed by atoms with Gasteiger partial charge in [-0.05, 0) is 12.8 Å². The third kappa shape index (κ3) is 2.67. The molecule has 2 N–H and O–H groups in total. The molecule has 0 bridgehead atoms. The molecule has 2 aromatic rings. The van der Waals surface area contributed by atoms with Crippen molar-refractivity contribution in [1.29, 1.82) is 0 Å². The zero-order chi connectivity index (χ0) is 14.5. The van der Waals surface area contributed by atoms with Crippen molar-refractivity contribution in [2.75, 3.05) is 18.5 Å². The van der Waals surface area contributed by atoms with E-state index in [0.29, 0.717) is 24.6 Å². The van der Waals surface area contributed by atoms with E-state index in [1.807, 2.05) is 11.5 Å². The summed E-state index contributed by atoms with van der Waals surface area (Å²) in [6.45, 7) is 5.86. The summed E-state index contributed by atoms with van der Waals surface area (Å²) in [5.41, 5.74) is 1.18. The lowest BCUT2D eigenvalue weighted by Gasteiger charge is -2.11. The lowest BCUT2D eigenvalue weighted by atomic mass is 10.4. The van der Waals surface area contributed by atoms with Crippen LogP contribution in [0, 0.1) is 0 Å². The number of aliphatic hydroxyl groups is 1. The fourth-order valence-electron chi connectivity index (χ4n) is 2.24. The molecule has 0 aliphatic rings. The average Bonchev–Trinajstić information content (AvgIpc) is 2.84. The molecule has 20 heavy (non-hydrogen) atoms. The fourth-order valence-corrected chi connectivity index (χ4v) is 2.24. The van der Waals surface area contributed by atoms with Crippen molar-refractivity contribution < 1.29 is 5.11 Å². The Kier molecular flexibility index (Phi) is 4.73. The van der Waals surface area contributed by atoms with Gasteiger partial charge in [-0.1, -0.05) is 13.8 Å². The van der Waals surface area contributed by atoms with E-state index >= 15 is 0 Å². The maximum atomic E-state index is 12.1. The monoisotopic (exact) mass is 279 g/mol. The lowest BCUT2D eigenvalue weighted by molar-refractivity contribution is 0.311. The maximum absolute atomic E-state index is 12.1. The number of nitrogens with zero attached hydrogens (tertiary/aromatic N) is 4. The van der Waals surface area contributed by atoms with Gasteiger partial charge in [-0.15, -0.1) is 0 Å². The van der Waals surface area contributed by atoms with Gasteiger partial charge >= 0.3 is 5.69 Å². The summed E-state index contributed by atoms with van der Waals surface area (Å²) in [4.78, 5) is 20.5. The second-order valence-corrected chi connectivity index (χ2v) is 4.66. The summed E-state index contributed by atoms with van der Waals surface area (Å²) in [6, 6.07) is 0. The number of nitrogens with one attached hydrogen (secondary N) is 1. The van der Waals surface area contributed by atoms with Crippen LogP contribution in [-0.2, 0) is 13.1 Å². The van der Waals surface area contributed by atoms with E-state index in [-0.39, 0.29) is 12.3 Å². The van der Waals surface area contributed by atoms with Gasteiger partial charge in [0.15, 0.2) is 11.5 Å². The molecule has 0 saturated heterocycles. The highest BCUT2D eigenvalue weighted by Crippen LogP contribution is 2.19. The van der Waals surface area contributed by atoms with Crippen molar-refractivity contribution in [2.24, 2.45) is 0 Å². The zero-order valence-corrected chi connectivity index (χ0v) is 12.0. The van der Waals surface area contributed by atoms with Crippen molar-refractivity contribution in [2.45, 2.75) is 39.8 Å². The summed E-state index contributed by atoms with van der Waals surface area (Å²) in [5, 5.41) is 11.9. The number of fused-ring (bicyclic) bond motifs is 1. The number of aliphatic hydroxyl groups excluding tert-OH is 1. The molecule has 110 valence electrons. The molecule has 2 heterocycles. The van der Waals surface area contributed by atoms with Crippen LogP contribution in [0.5, 0.6) is 0 Å². The summed E-state index contributed by atoms with van der Waals surface area (Å²) in [5.74, 6) is 0.498. The molecule has 0 radical (unpaired) electrons. The Labute approximate surface area is 117 Å². The summed E-state index contributed by atoms with van der Waals surface area (Å²) in [6.07, 6.45) is 3.56. The maximum Gasteiger partial charge on any atom is 0.351 e. The third-order valence-corrected chi connectivity index (χ3v) is 3.05. The van der Waals surface area contributed by atoms with Gasteiger partial charge in [0, 0.05) is 19.6 Å². The molecule has 2 aromatic heterocycles. The predicted octanol–water partition coefficient (Wildman–Crippen LogP) is 0.817. The van der Waals surface area contributed by atoms with Crippen LogP contribution in [0.3, 0.4) is 0 Å². The summed E-state index contributed by atoms with van der Waals surface area (Å²) < 4.78 is 3.60. The SMILES string of the molecule is CCCn1cnc2c1c(NCCO)nc(=O)n2CCC. The van der Waals surface area contributed by atoms with E-state index in [0.717, 1.165) is 24.9 Å². The molecule has 0 fully saturated rings. The molecule has 0 atom stereocenters. The minimum Gasteiger partial charge on any atom is -0.395 e. The van der Waals surface area contributed by atoms with Gasteiger partial charge in [0.05, 0.1) is 12.9 Å². The second kappa shape index (κ2) is 6.51. The minimum atomic E-state index is -0.304. The van der Waals surface area contributed by atoms with Gasteiger partial charge in [-0.2, -0.15) is 4.98 Å². The van der Waals surface area contributed by atoms with Crippen LogP contribution < -0.4 is 11.0 Å². The fraction of sp³-hybridized carbons (Fsp3) is 0.615. The molecule has 7 nitrogen and oxygen atoms in total. The van der Waals surface area contributed by atoms with Crippen molar-refractivity contribution in [3.63, 3.8) is 0 Å². The number of anilines is 1. The van der Waals surface area contributed by atoms with Crippen LogP contribution >= 0.6 is 0 Å². The molecule has 0 saturated carbocycles. The quantitative estimate of drug-likeness (QED) is 0.783. The Morgan fingerprint density at radius 1 is 1.30 bits per heavy atom. The van der Waals surface area contributed by atoms with E-state index in [1.165, 1.54) is 0 Å². The van der Waals surface area contributed by atoms with Gasteiger partial charge in [-0.3, -0.25) is 4.57 Å². The van der Waals surface area contributed by atoms with E-state index in [4.69, 9.17) is 5.11 Å². The highest BCUT2D eigenvalue weighted by molar-refractivity contribution is 5.83. The van der Waals surface area contributed by atoms with Crippen molar-refractivity contribution in [1.82, 2.24) is 19.1 Å². The van der Waals surface area contributed by atoms with Crippen LogP contribution in [0.4, 0.5) is 5.82 Å². The third-order valence-electron chi connectivity index (χ3n) is 3.05. The van der Waals surface area contributed by atoms with Crippen molar-refractivity contribution in [3.05, 3.63) is 16.8 Å². The van der Waals surface area contributed by atoms with Crippen molar-refractivity contribution >= 4 is 17.0 Å². The number of rotatable bonds is 7. The largest absolute Gasteiger partial charge is 0.395 e. The van der Waals surface area contributed by atoms with Crippen LogP contribution in [0.1, 0.15) is 26.7 Å². The van der Waals surface area contributed by atoms with E-state index in [1.54, 1.807) is 10.9 Å². The Morgan fingerprint density at radius 3 is 2.70 bits per heavy atom. The van der Waals surface area contributed by atoms with E-state index < -0.39 is 0 Å². The molecule has 0 aliphatic carbocycles. The minimum absolute atomic E-state index is 0.0108. The zero-order valence-electron chi connectivity index (χ0n) is 12.0. The molecule has 0 amide bonds. The van der Waals surface area contributed by atoms with Crippen LogP contribution in [0.25, 0.3) is 11.2 Å². The van der Waals surface area contributed by atoms with Gasteiger partial charge in [0.25, 0.3) is 0 Å². The molecule has 7 heteroatoms. The Morgan fingerprint density at radius 2 is 2.05 bits per heavy atom. The van der Waals surface area contributed by atoms with Gasteiger partial charge in [0.2, 0.25) is 0 Å². The van der Waals surface area contributed by atoms with Crippen molar-refractivity contribution in [3.8, 4) is 0 Å². The summed E-state index contributed by atoms with van der Waals surface area (Å²) in [7, 11) is 0. The number of hydrogen-bond donors (Lipinski definition) is 2. The molecular weight excluding hydrogens is 258 g/mol. The Balaban J connectivity index is 2.62. The number of hydrogen-bond acceptors (Lipinski definition) is 5. The predicted molar refractivity (Wildman–Crippen MR) is 77.9 cm³/mol. The first-order chi connectivity index (χ1) is 9.72. The second-order valence-electron chi connectivity index (χ2n) is 4.66. The highest BCUT2D eigenvalue weighted by Gasteiger charge is 2.15. The highest BCUT2D eigenvalue weighted by atomic mass is 16.3. The molecule has 0 aliphatic heterocycles. The average molecular weight is 279 g/mol. The van der Waals surface area contributed by atoms with E-state index in [2.05, 4.69) is 22.2 Å². The molecule has 0 spiro atoms. The molecule has 2 rings (SSSR count). The first kappa shape index (κ1) is 14.5. The Bertz CT molecular complexity index is 631. The smallest absolute Gasteiger partial charge is 0.351 e.